The van der Waals surface area contributed by atoms with Gasteiger partial charge in [-0.05, 0) is 77.3 Å². The maximum absolute atomic E-state index is 12.7. The molecule has 33 heavy (non-hydrogen) atoms. The number of alkyl halides is 3. The molecule has 0 aromatic carbocycles. The third kappa shape index (κ3) is 7.59. The number of nitrogens with one attached hydrogen (secondary N) is 1. The van der Waals surface area contributed by atoms with E-state index in [1.807, 2.05) is 27.7 Å². The predicted octanol–water partition coefficient (Wildman–Crippen LogP) is 6.71. The van der Waals surface area contributed by atoms with Gasteiger partial charge in [0.2, 0.25) is 0 Å². The van der Waals surface area contributed by atoms with Gasteiger partial charge in [-0.25, -0.2) is 13.9 Å². The molecular formula is C24H34F3N3OS2. The van der Waals surface area contributed by atoms with Gasteiger partial charge in [0, 0.05) is 23.2 Å². The van der Waals surface area contributed by atoms with E-state index in [1.54, 1.807) is 11.3 Å². The lowest BCUT2D eigenvalue weighted by molar-refractivity contribution is -0.141. The number of thiazole rings is 1. The second-order valence-electron chi connectivity index (χ2n) is 9.95. The third-order valence-corrected chi connectivity index (χ3v) is 8.77. The fourth-order valence-corrected chi connectivity index (χ4v) is 6.02. The Morgan fingerprint density at radius 3 is 2.36 bits per heavy atom. The molecule has 0 amide bonds. The lowest BCUT2D eigenvalue weighted by Crippen LogP contribution is -2.36. The van der Waals surface area contributed by atoms with Gasteiger partial charge in [0.15, 0.2) is 0 Å². The Morgan fingerprint density at radius 2 is 1.79 bits per heavy atom. The van der Waals surface area contributed by atoms with E-state index in [9.17, 15) is 17.4 Å². The molecule has 2 heterocycles. The van der Waals surface area contributed by atoms with Crippen molar-refractivity contribution in [1.82, 2.24) is 14.7 Å². The van der Waals surface area contributed by atoms with E-state index in [-0.39, 0.29) is 4.75 Å². The standard InChI is InChI=1S/C24H34F3N3OS2/c1-16-22(19-12-13-20(28-15-19)24(25,26)27)30-21(32-16)7-5-6-17-8-10-18(11-9-17)14-29-33(31)23(2,3)4/h12-13,15,17-18,29H,5-11,14H2,1-4H3. The molecule has 0 saturated heterocycles. The summed E-state index contributed by atoms with van der Waals surface area (Å²) in [7, 11) is -1.00. The van der Waals surface area contributed by atoms with Crippen molar-refractivity contribution in [3.05, 3.63) is 33.9 Å². The Hall–Kier alpha value is -1.32. The van der Waals surface area contributed by atoms with Crippen LogP contribution in [0.4, 0.5) is 13.2 Å². The molecule has 0 bridgehead atoms. The molecule has 9 heteroatoms. The van der Waals surface area contributed by atoms with E-state index in [4.69, 9.17) is 0 Å². The van der Waals surface area contributed by atoms with E-state index >= 15 is 0 Å². The van der Waals surface area contributed by atoms with Gasteiger partial charge in [-0.1, -0.05) is 19.3 Å². The van der Waals surface area contributed by atoms with Crippen LogP contribution >= 0.6 is 11.3 Å². The van der Waals surface area contributed by atoms with Gasteiger partial charge in [-0.2, -0.15) is 13.2 Å². The summed E-state index contributed by atoms with van der Waals surface area (Å²) in [6.07, 6.45) is 4.76. The van der Waals surface area contributed by atoms with E-state index in [1.165, 1.54) is 44.4 Å². The molecule has 0 aliphatic heterocycles. The van der Waals surface area contributed by atoms with Crippen molar-refractivity contribution < 1.29 is 17.4 Å². The molecule has 1 N–H and O–H groups in total. The summed E-state index contributed by atoms with van der Waals surface area (Å²) in [5.41, 5.74) is 0.478. The van der Waals surface area contributed by atoms with Crippen molar-refractivity contribution in [2.24, 2.45) is 11.8 Å². The van der Waals surface area contributed by atoms with Crippen LogP contribution in [0.1, 0.15) is 74.9 Å². The summed E-state index contributed by atoms with van der Waals surface area (Å²) in [6, 6.07) is 2.46. The first-order valence-electron chi connectivity index (χ1n) is 11.6. The first-order chi connectivity index (χ1) is 15.4. The fraction of sp³-hybridized carbons (Fsp3) is 0.667. The lowest BCUT2D eigenvalue weighted by Gasteiger charge is -2.29. The van der Waals surface area contributed by atoms with Crippen LogP contribution in [0.5, 0.6) is 0 Å². The van der Waals surface area contributed by atoms with Gasteiger partial charge >= 0.3 is 6.18 Å². The van der Waals surface area contributed by atoms with Gasteiger partial charge in [0.1, 0.15) is 5.69 Å². The molecule has 0 radical (unpaired) electrons. The Kier molecular flexibility index (Phi) is 8.72. The Balaban J connectivity index is 1.43. The lowest BCUT2D eigenvalue weighted by atomic mass is 9.80. The molecule has 1 fully saturated rings. The van der Waals surface area contributed by atoms with Crippen molar-refractivity contribution in [2.45, 2.75) is 83.6 Å². The Labute approximate surface area is 201 Å². The maximum atomic E-state index is 12.7. The van der Waals surface area contributed by atoms with Crippen molar-refractivity contribution in [3.63, 3.8) is 0 Å². The molecule has 1 unspecified atom stereocenters. The van der Waals surface area contributed by atoms with Gasteiger partial charge in [-0.3, -0.25) is 4.98 Å². The fourth-order valence-electron chi connectivity index (χ4n) is 4.20. The van der Waals surface area contributed by atoms with Crippen molar-refractivity contribution >= 4 is 22.3 Å². The average molecular weight is 502 g/mol. The first kappa shape index (κ1) is 26.3. The molecule has 1 aliphatic carbocycles. The summed E-state index contributed by atoms with van der Waals surface area (Å²) in [5, 5.41) is 1.03. The Bertz CT molecular complexity index is 928. The highest BCUT2D eigenvalue weighted by Crippen LogP contribution is 2.34. The summed E-state index contributed by atoms with van der Waals surface area (Å²) in [5.74, 6) is 1.34. The number of aryl methyl sites for hydroxylation is 2. The number of halogens is 3. The zero-order valence-electron chi connectivity index (χ0n) is 19.8. The van der Waals surface area contributed by atoms with Crippen LogP contribution in [0.3, 0.4) is 0 Å². The zero-order chi connectivity index (χ0) is 24.2. The predicted molar refractivity (Wildman–Crippen MR) is 129 cm³/mol. The smallest absolute Gasteiger partial charge is 0.251 e. The second kappa shape index (κ2) is 11.0. The van der Waals surface area contributed by atoms with Crippen LogP contribution in [0.25, 0.3) is 11.3 Å². The van der Waals surface area contributed by atoms with Crippen LogP contribution < -0.4 is 4.72 Å². The van der Waals surface area contributed by atoms with E-state index in [2.05, 4.69) is 14.7 Å². The number of hydrogen-bond acceptors (Lipinski definition) is 4. The van der Waals surface area contributed by atoms with E-state index in [0.717, 1.165) is 46.9 Å². The number of rotatable bonds is 8. The average Bonchev–Trinajstić information content (AvgIpc) is 3.12. The van der Waals surface area contributed by atoms with Crippen LogP contribution in [0.15, 0.2) is 18.3 Å². The van der Waals surface area contributed by atoms with Crippen molar-refractivity contribution in [1.29, 1.82) is 0 Å². The summed E-state index contributed by atoms with van der Waals surface area (Å²) in [6.45, 7) is 8.74. The minimum absolute atomic E-state index is 0.228. The van der Waals surface area contributed by atoms with Gasteiger partial charge in [-0.15, -0.1) is 11.3 Å². The number of hydrogen-bond donors (Lipinski definition) is 1. The summed E-state index contributed by atoms with van der Waals surface area (Å²) < 4.78 is 53.4. The second-order valence-corrected chi connectivity index (χ2v) is 13.3. The quantitative estimate of drug-likeness (QED) is 0.437. The highest BCUT2D eigenvalue weighted by molar-refractivity contribution is 7.84. The Morgan fingerprint density at radius 1 is 1.12 bits per heavy atom. The largest absolute Gasteiger partial charge is 0.433 e. The number of nitrogens with zero attached hydrogens (tertiary/aromatic N) is 2. The molecule has 4 nitrogen and oxygen atoms in total. The normalized spacial score (nSPS) is 20.7. The zero-order valence-corrected chi connectivity index (χ0v) is 21.4. The topological polar surface area (TPSA) is 54.9 Å². The SMILES string of the molecule is Cc1sc(CCCC2CCC(CNS(=O)C(C)(C)C)CC2)nc1-c1ccc(C(F)(F)F)nc1. The van der Waals surface area contributed by atoms with Crippen molar-refractivity contribution in [2.75, 3.05) is 6.54 Å². The van der Waals surface area contributed by atoms with Crippen LogP contribution in [-0.4, -0.2) is 25.5 Å². The third-order valence-electron chi connectivity index (χ3n) is 6.20. The molecule has 0 spiro atoms. The van der Waals surface area contributed by atoms with Crippen LogP contribution in [0.2, 0.25) is 0 Å². The minimum Gasteiger partial charge on any atom is -0.251 e. The summed E-state index contributed by atoms with van der Waals surface area (Å²) in [4.78, 5) is 9.25. The van der Waals surface area contributed by atoms with E-state index in [0.29, 0.717) is 11.5 Å². The van der Waals surface area contributed by atoms with Gasteiger partial charge < -0.3 is 0 Å². The van der Waals surface area contributed by atoms with Crippen LogP contribution in [-0.2, 0) is 23.6 Å². The summed E-state index contributed by atoms with van der Waals surface area (Å²) >= 11 is 1.62. The molecule has 184 valence electrons. The molecule has 3 rings (SSSR count). The van der Waals surface area contributed by atoms with Gasteiger partial charge in [0.05, 0.1) is 26.4 Å². The highest BCUT2D eigenvalue weighted by Gasteiger charge is 2.32. The first-order valence-corrected chi connectivity index (χ1v) is 13.6. The number of pyridine rings is 1. The van der Waals surface area contributed by atoms with Gasteiger partial charge in [0.25, 0.3) is 0 Å². The molecular weight excluding hydrogens is 467 g/mol. The molecule has 2 aromatic heterocycles. The molecule has 1 saturated carbocycles. The molecule has 1 aliphatic rings. The monoisotopic (exact) mass is 501 g/mol. The highest BCUT2D eigenvalue weighted by atomic mass is 32.2. The molecule has 1 atom stereocenters. The molecule has 2 aromatic rings. The van der Waals surface area contributed by atoms with Crippen LogP contribution in [0, 0.1) is 18.8 Å². The van der Waals surface area contributed by atoms with E-state index < -0.39 is 22.9 Å². The minimum atomic E-state index is -4.43. The maximum Gasteiger partial charge on any atom is 0.433 e. The number of aromatic nitrogens is 2. The van der Waals surface area contributed by atoms with Crippen molar-refractivity contribution in [3.8, 4) is 11.3 Å².